The SMILES string of the molecule is CCCCC/C=C/CCCCCCCCC[N+](CCC(C)C(=O)O)(CCC(C)C(=O)O)CCC(C)C(=O)O. The number of nitrogens with zero attached hydrogens (tertiary/aromatic N) is 1. The lowest BCUT2D eigenvalue weighted by molar-refractivity contribution is -0.929. The molecule has 7 nitrogen and oxygen atoms in total. The van der Waals surface area contributed by atoms with Gasteiger partial charge in [-0.15, -0.1) is 0 Å². The maximum atomic E-state index is 11.5. The van der Waals surface area contributed by atoms with Crippen LogP contribution >= 0.6 is 0 Å². The molecule has 0 amide bonds. The minimum absolute atomic E-state index is 0.479. The number of aliphatic carboxylic acids is 3. The van der Waals surface area contributed by atoms with E-state index >= 15 is 0 Å². The molecule has 3 unspecified atom stereocenters. The van der Waals surface area contributed by atoms with Gasteiger partial charge < -0.3 is 19.8 Å². The second-order valence-corrected chi connectivity index (χ2v) is 11.6. The van der Waals surface area contributed by atoms with Gasteiger partial charge >= 0.3 is 17.9 Å². The summed E-state index contributed by atoms with van der Waals surface area (Å²) in [5.74, 6) is -3.92. The molecule has 0 aliphatic rings. The maximum absolute atomic E-state index is 11.5. The molecule has 222 valence electrons. The van der Waals surface area contributed by atoms with Crippen LogP contribution in [-0.2, 0) is 14.4 Å². The lowest BCUT2D eigenvalue weighted by atomic mass is 10.0. The molecule has 0 heterocycles. The van der Waals surface area contributed by atoms with Gasteiger partial charge in [-0.1, -0.05) is 78.4 Å². The van der Waals surface area contributed by atoms with Crippen molar-refractivity contribution in [3.63, 3.8) is 0 Å². The van der Waals surface area contributed by atoms with Gasteiger partial charge in [0.2, 0.25) is 0 Å². The Labute approximate surface area is 232 Å². The fourth-order valence-electron chi connectivity index (χ4n) is 4.78. The fraction of sp³-hybridized carbons (Fsp3) is 0.839. The Bertz CT molecular complexity index is 617. The monoisotopic (exact) mass is 540 g/mol. The van der Waals surface area contributed by atoms with E-state index in [0.29, 0.717) is 43.4 Å². The first-order valence-corrected chi connectivity index (χ1v) is 15.2. The molecule has 0 aromatic rings. The summed E-state index contributed by atoms with van der Waals surface area (Å²) >= 11 is 0. The Morgan fingerprint density at radius 2 is 0.895 bits per heavy atom. The van der Waals surface area contributed by atoms with Crippen molar-refractivity contribution in [2.75, 3.05) is 26.2 Å². The second-order valence-electron chi connectivity index (χ2n) is 11.6. The summed E-state index contributed by atoms with van der Waals surface area (Å²) < 4.78 is 0.609. The molecule has 3 N–H and O–H groups in total. The molecule has 38 heavy (non-hydrogen) atoms. The molecule has 0 aliphatic heterocycles. The molecule has 0 radical (unpaired) electrons. The highest BCUT2D eigenvalue weighted by molar-refractivity contribution is 5.70. The first kappa shape index (κ1) is 36.1. The van der Waals surface area contributed by atoms with Crippen molar-refractivity contribution < 1.29 is 34.2 Å². The van der Waals surface area contributed by atoms with Crippen LogP contribution in [0.25, 0.3) is 0 Å². The van der Waals surface area contributed by atoms with E-state index in [2.05, 4.69) is 19.1 Å². The van der Waals surface area contributed by atoms with E-state index < -0.39 is 35.7 Å². The molecule has 0 bridgehead atoms. The number of quaternary nitrogens is 1. The Morgan fingerprint density at radius 1 is 0.553 bits per heavy atom. The van der Waals surface area contributed by atoms with Crippen LogP contribution in [0.4, 0.5) is 0 Å². The summed E-state index contributed by atoms with van der Waals surface area (Å²) in [6.45, 7) is 10.1. The Morgan fingerprint density at radius 3 is 1.26 bits per heavy atom. The number of hydrogen-bond donors (Lipinski definition) is 3. The van der Waals surface area contributed by atoms with Crippen LogP contribution in [0.5, 0.6) is 0 Å². The van der Waals surface area contributed by atoms with Crippen LogP contribution in [0.1, 0.15) is 124 Å². The van der Waals surface area contributed by atoms with Gasteiger partial charge in [0.25, 0.3) is 0 Å². The number of carboxylic acid groups (broad SMARTS) is 3. The van der Waals surface area contributed by atoms with Gasteiger partial charge in [0.1, 0.15) is 0 Å². The molecule has 0 rings (SSSR count). The van der Waals surface area contributed by atoms with E-state index in [4.69, 9.17) is 0 Å². The number of carbonyl (C=O) groups is 3. The third-order valence-corrected chi connectivity index (χ3v) is 8.02. The number of allylic oxidation sites excluding steroid dienone is 2. The molecule has 0 saturated carbocycles. The van der Waals surface area contributed by atoms with E-state index in [1.54, 1.807) is 20.8 Å². The summed E-state index contributed by atoms with van der Waals surface area (Å²) in [6.07, 6.45) is 20.6. The Kier molecular flexibility index (Phi) is 20.9. The second kappa shape index (κ2) is 22.0. The number of carboxylic acids is 3. The predicted molar refractivity (Wildman–Crippen MR) is 154 cm³/mol. The van der Waals surface area contributed by atoms with E-state index in [9.17, 15) is 29.7 Å². The van der Waals surface area contributed by atoms with Crippen molar-refractivity contribution in [3.8, 4) is 0 Å². The van der Waals surface area contributed by atoms with E-state index in [0.717, 1.165) is 25.8 Å². The lowest BCUT2D eigenvalue weighted by Crippen LogP contribution is -2.52. The van der Waals surface area contributed by atoms with Gasteiger partial charge in [0, 0.05) is 19.3 Å². The van der Waals surface area contributed by atoms with Crippen LogP contribution in [0.2, 0.25) is 0 Å². The topological polar surface area (TPSA) is 112 Å². The van der Waals surface area contributed by atoms with Crippen molar-refractivity contribution in [2.45, 2.75) is 124 Å². The molecule has 0 fully saturated rings. The van der Waals surface area contributed by atoms with Crippen molar-refractivity contribution in [1.82, 2.24) is 0 Å². The third-order valence-electron chi connectivity index (χ3n) is 8.02. The minimum Gasteiger partial charge on any atom is -0.481 e. The number of rotatable bonds is 26. The molecular weight excluding hydrogens is 482 g/mol. The highest BCUT2D eigenvalue weighted by Gasteiger charge is 2.31. The molecule has 7 heteroatoms. The molecule has 0 aromatic carbocycles. The molecule has 0 spiro atoms. The largest absolute Gasteiger partial charge is 0.481 e. The van der Waals surface area contributed by atoms with Crippen molar-refractivity contribution in [3.05, 3.63) is 12.2 Å². The zero-order valence-corrected chi connectivity index (χ0v) is 24.8. The van der Waals surface area contributed by atoms with Gasteiger partial charge in [-0.05, 0) is 38.5 Å². The van der Waals surface area contributed by atoms with Crippen LogP contribution < -0.4 is 0 Å². The van der Waals surface area contributed by atoms with Gasteiger partial charge in [-0.25, -0.2) is 0 Å². The summed E-state index contributed by atoms with van der Waals surface area (Å²) in [6, 6.07) is 0. The molecule has 0 saturated heterocycles. The standard InChI is InChI=1S/C31H57NO6/c1-5-6-7-8-9-10-11-12-13-14-15-16-17-18-22-32(23-19-26(2)29(33)34,24-20-27(3)30(35)36)25-21-28(4)31(37)38/h9-10,26-28H,5-8,11-25H2,1-4H3,(H2-,33,34,35,36,37,38)/p+1/b10-9+. The smallest absolute Gasteiger partial charge is 0.306 e. The lowest BCUT2D eigenvalue weighted by Gasteiger charge is -2.40. The van der Waals surface area contributed by atoms with Crippen LogP contribution in [0.3, 0.4) is 0 Å². The van der Waals surface area contributed by atoms with E-state index in [1.165, 1.54) is 57.8 Å². The first-order valence-electron chi connectivity index (χ1n) is 15.2. The zero-order chi connectivity index (χ0) is 28.8. The van der Waals surface area contributed by atoms with Gasteiger partial charge in [-0.2, -0.15) is 0 Å². The van der Waals surface area contributed by atoms with Crippen molar-refractivity contribution >= 4 is 17.9 Å². The highest BCUT2D eigenvalue weighted by Crippen LogP contribution is 2.22. The van der Waals surface area contributed by atoms with Gasteiger partial charge in [0.05, 0.1) is 43.9 Å². The fourth-order valence-corrected chi connectivity index (χ4v) is 4.78. The van der Waals surface area contributed by atoms with Gasteiger partial charge in [0.15, 0.2) is 0 Å². The average Bonchev–Trinajstić information content (AvgIpc) is 2.88. The summed E-state index contributed by atoms with van der Waals surface area (Å²) in [7, 11) is 0. The maximum Gasteiger partial charge on any atom is 0.306 e. The van der Waals surface area contributed by atoms with Crippen LogP contribution in [0.15, 0.2) is 12.2 Å². The Hall–Kier alpha value is -1.89. The third kappa shape index (κ3) is 18.4. The highest BCUT2D eigenvalue weighted by atomic mass is 16.4. The molecule has 0 aliphatic carbocycles. The van der Waals surface area contributed by atoms with E-state index in [-0.39, 0.29) is 0 Å². The normalized spacial score (nSPS) is 15.7. The Balaban J connectivity index is 4.79. The first-order chi connectivity index (χ1) is 18.0. The van der Waals surface area contributed by atoms with Crippen LogP contribution in [0, 0.1) is 17.8 Å². The summed E-state index contributed by atoms with van der Waals surface area (Å²) in [5, 5.41) is 28.2. The predicted octanol–water partition coefficient (Wildman–Crippen LogP) is 7.39. The minimum atomic E-state index is -0.826. The average molecular weight is 541 g/mol. The van der Waals surface area contributed by atoms with Crippen LogP contribution in [-0.4, -0.2) is 63.9 Å². The molecule has 0 aromatic heterocycles. The molecular formula is C31H58NO6+. The van der Waals surface area contributed by atoms with E-state index in [1.807, 2.05) is 0 Å². The number of hydrogen-bond acceptors (Lipinski definition) is 3. The van der Waals surface area contributed by atoms with Crippen molar-refractivity contribution in [2.24, 2.45) is 17.8 Å². The van der Waals surface area contributed by atoms with Gasteiger partial charge in [-0.3, -0.25) is 14.4 Å². The zero-order valence-electron chi connectivity index (χ0n) is 24.8. The summed E-state index contributed by atoms with van der Waals surface area (Å²) in [5.41, 5.74) is 0. The quantitative estimate of drug-likeness (QED) is 0.0599. The molecule has 3 atom stereocenters. The summed E-state index contributed by atoms with van der Waals surface area (Å²) in [4.78, 5) is 34.4. The van der Waals surface area contributed by atoms with Crippen molar-refractivity contribution in [1.29, 1.82) is 0 Å². The number of unbranched alkanes of at least 4 members (excludes halogenated alkanes) is 10.